The van der Waals surface area contributed by atoms with Crippen molar-refractivity contribution in [3.05, 3.63) is 17.7 Å². The van der Waals surface area contributed by atoms with Crippen molar-refractivity contribution in [2.24, 2.45) is 0 Å². The van der Waals surface area contributed by atoms with Crippen LogP contribution in [0, 0.1) is 0 Å². The minimum absolute atomic E-state index is 0.530. The van der Waals surface area contributed by atoms with Crippen LogP contribution in [0.5, 0.6) is 11.8 Å². The summed E-state index contributed by atoms with van der Waals surface area (Å²) in [6, 6.07) is 3.79. The Kier molecular flexibility index (Phi) is 6.40. The molecule has 0 spiro atoms. The highest BCUT2D eigenvalue weighted by Crippen LogP contribution is 2.21. The lowest BCUT2D eigenvalue weighted by molar-refractivity contribution is 0.118. The van der Waals surface area contributed by atoms with Gasteiger partial charge in [-0.25, -0.2) is 0 Å². The highest BCUT2D eigenvalue weighted by Gasteiger charge is 2.07. The van der Waals surface area contributed by atoms with E-state index in [1.807, 2.05) is 26.0 Å². The first kappa shape index (κ1) is 13.8. The fourth-order valence-electron chi connectivity index (χ4n) is 1.38. The first-order valence-electron chi connectivity index (χ1n) is 6.15. The molecule has 4 nitrogen and oxygen atoms in total. The molecule has 0 radical (unpaired) electrons. The van der Waals surface area contributed by atoms with Gasteiger partial charge in [0, 0.05) is 18.2 Å². The second kappa shape index (κ2) is 7.90. The molecule has 4 heteroatoms. The van der Waals surface area contributed by atoms with E-state index in [2.05, 4.69) is 11.9 Å². The molecule has 0 saturated heterocycles. The average molecular weight is 239 g/mol. The van der Waals surface area contributed by atoms with Crippen molar-refractivity contribution < 1.29 is 14.2 Å². The zero-order valence-corrected chi connectivity index (χ0v) is 10.9. The molecular formula is C13H21NO3. The smallest absolute Gasteiger partial charge is 0.222 e. The van der Waals surface area contributed by atoms with Crippen LogP contribution in [0.2, 0.25) is 0 Å². The second-order valence-corrected chi connectivity index (χ2v) is 3.53. The summed E-state index contributed by atoms with van der Waals surface area (Å²) in [4.78, 5) is 4.31. The van der Waals surface area contributed by atoms with E-state index in [-0.39, 0.29) is 0 Å². The SMILES string of the molecule is CCCOCc1ccc(OCC)nc1OCC. The van der Waals surface area contributed by atoms with Gasteiger partial charge in [0.05, 0.1) is 19.8 Å². The Morgan fingerprint density at radius 2 is 1.82 bits per heavy atom. The van der Waals surface area contributed by atoms with E-state index in [4.69, 9.17) is 14.2 Å². The molecule has 0 aromatic carbocycles. The first-order chi connectivity index (χ1) is 8.31. The first-order valence-corrected chi connectivity index (χ1v) is 6.15. The highest BCUT2D eigenvalue weighted by molar-refractivity contribution is 5.30. The zero-order chi connectivity index (χ0) is 12.5. The number of aromatic nitrogens is 1. The molecule has 0 unspecified atom stereocenters. The predicted octanol–water partition coefficient (Wildman–Crippen LogP) is 2.81. The Labute approximate surface area is 103 Å². The third kappa shape index (κ3) is 4.61. The van der Waals surface area contributed by atoms with Gasteiger partial charge in [-0.3, -0.25) is 0 Å². The fourth-order valence-corrected chi connectivity index (χ4v) is 1.38. The topological polar surface area (TPSA) is 40.6 Å². The van der Waals surface area contributed by atoms with Gasteiger partial charge in [-0.05, 0) is 26.3 Å². The molecule has 1 heterocycles. The van der Waals surface area contributed by atoms with Gasteiger partial charge in [-0.15, -0.1) is 0 Å². The van der Waals surface area contributed by atoms with Crippen LogP contribution in [0.1, 0.15) is 32.8 Å². The maximum Gasteiger partial charge on any atom is 0.222 e. The number of hydrogen-bond donors (Lipinski definition) is 0. The van der Waals surface area contributed by atoms with E-state index in [0.29, 0.717) is 31.6 Å². The van der Waals surface area contributed by atoms with Gasteiger partial charge >= 0.3 is 0 Å². The van der Waals surface area contributed by atoms with Gasteiger partial charge < -0.3 is 14.2 Å². The molecule has 0 aliphatic carbocycles. The number of rotatable bonds is 8. The van der Waals surface area contributed by atoms with E-state index in [0.717, 1.165) is 18.6 Å². The molecule has 0 bridgehead atoms. The van der Waals surface area contributed by atoms with E-state index < -0.39 is 0 Å². The Morgan fingerprint density at radius 1 is 1.06 bits per heavy atom. The summed E-state index contributed by atoms with van der Waals surface area (Å²) in [5.74, 6) is 1.20. The van der Waals surface area contributed by atoms with Crippen molar-refractivity contribution in [3.8, 4) is 11.8 Å². The van der Waals surface area contributed by atoms with Crippen molar-refractivity contribution in [1.82, 2.24) is 4.98 Å². The molecule has 0 atom stereocenters. The maximum absolute atomic E-state index is 5.49. The third-order valence-electron chi connectivity index (χ3n) is 2.09. The minimum atomic E-state index is 0.530. The van der Waals surface area contributed by atoms with Crippen LogP contribution in [0.25, 0.3) is 0 Å². The Morgan fingerprint density at radius 3 is 2.47 bits per heavy atom. The lowest BCUT2D eigenvalue weighted by Gasteiger charge is -2.11. The molecule has 17 heavy (non-hydrogen) atoms. The summed E-state index contributed by atoms with van der Waals surface area (Å²) in [5, 5.41) is 0. The molecule has 0 saturated carbocycles. The van der Waals surface area contributed by atoms with Crippen LogP contribution >= 0.6 is 0 Å². The van der Waals surface area contributed by atoms with Crippen LogP contribution in [0.15, 0.2) is 12.1 Å². The van der Waals surface area contributed by atoms with Gasteiger partial charge in [-0.1, -0.05) is 6.92 Å². The summed E-state index contributed by atoms with van der Waals surface area (Å²) >= 11 is 0. The summed E-state index contributed by atoms with van der Waals surface area (Å²) in [5.41, 5.74) is 0.962. The van der Waals surface area contributed by atoms with Gasteiger partial charge in [0.1, 0.15) is 0 Å². The molecule has 0 aliphatic heterocycles. The van der Waals surface area contributed by atoms with Crippen LogP contribution in [-0.4, -0.2) is 24.8 Å². The number of nitrogens with zero attached hydrogens (tertiary/aromatic N) is 1. The van der Waals surface area contributed by atoms with E-state index in [1.165, 1.54) is 0 Å². The van der Waals surface area contributed by atoms with Crippen LogP contribution in [-0.2, 0) is 11.3 Å². The maximum atomic E-state index is 5.49. The standard InChI is InChI=1S/C13H21NO3/c1-4-9-15-10-11-7-8-12(16-5-2)14-13(11)17-6-3/h7-8H,4-6,9-10H2,1-3H3. The lowest BCUT2D eigenvalue weighted by atomic mass is 10.3. The third-order valence-corrected chi connectivity index (χ3v) is 2.09. The predicted molar refractivity (Wildman–Crippen MR) is 66.5 cm³/mol. The molecule has 1 rings (SSSR count). The normalized spacial score (nSPS) is 10.3. The van der Waals surface area contributed by atoms with Crippen molar-refractivity contribution in [1.29, 1.82) is 0 Å². The van der Waals surface area contributed by atoms with E-state index >= 15 is 0 Å². The summed E-state index contributed by atoms with van der Waals surface area (Å²) < 4.78 is 16.3. The Hall–Kier alpha value is -1.29. The second-order valence-electron chi connectivity index (χ2n) is 3.53. The van der Waals surface area contributed by atoms with Gasteiger partial charge in [0.25, 0.3) is 0 Å². The minimum Gasteiger partial charge on any atom is -0.478 e. The summed E-state index contributed by atoms with van der Waals surface area (Å²) in [6.07, 6.45) is 1.01. The number of pyridine rings is 1. The Bertz CT molecular complexity index is 328. The lowest BCUT2D eigenvalue weighted by Crippen LogP contribution is -2.04. The fraction of sp³-hybridized carbons (Fsp3) is 0.615. The molecule has 1 aromatic heterocycles. The van der Waals surface area contributed by atoms with Crippen LogP contribution in [0.3, 0.4) is 0 Å². The molecule has 0 fully saturated rings. The van der Waals surface area contributed by atoms with Gasteiger partial charge in [0.2, 0.25) is 11.8 Å². The van der Waals surface area contributed by atoms with Crippen molar-refractivity contribution >= 4 is 0 Å². The average Bonchev–Trinajstić information content (AvgIpc) is 2.33. The van der Waals surface area contributed by atoms with Crippen LogP contribution in [0.4, 0.5) is 0 Å². The quantitative estimate of drug-likeness (QED) is 0.654. The number of ether oxygens (including phenoxy) is 3. The van der Waals surface area contributed by atoms with E-state index in [1.54, 1.807) is 0 Å². The monoisotopic (exact) mass is 239 g/mol. The van der Waals surface area contributed by atoms with Crippen molar-refractivity contribution in [2.45, 2.75) is 33.8 Å². The molecule has 1 aromatic rings. The Balaban J connectivity index is 2.72. The van der Waals surface area contributed by atoms with Gasteiger partial charge in [0.15, 0.2) is 0 Å². The molecule has 0 amide bonds. The molecular weight excluding hydrogens is 218 g/mol. The van der Waals surface area contributed by atoms with Crippen molar-refractivity contribution in [3.63, 3.8) is 0 Å². The summed E-state index contributed by atoms with van der Waals surface area (Å²) in [6.45, 7) is 8.42. The zero-order valence-electron chi connectivity index (χ0n) is 10.9. The van der Waals surface area contributed by atoms with Gasteiger partial charge in [-0.2, -0.15) is 4.98 Å². The molecule has 0 N–H and O–H groups in total. The highest BCUT2D eigenvalue weighted by atomic mass is 16.5. The number of hydrogen-bond acceptors (Lipinski definition) is 4. The van der Waals surface area contributed by atoms with Crippen LogP contribution < -0.4 is 9.47 Å². The van der Waals surface area contributed by atoms with E-state index in [9.17, 15) is 0 Å². The molecule has 96 valence electrons. The molecule has 0 aliphatic rings. The largest absolute Gasteiger partial charge is 0.478 e. The summed E-state index contributed by atoms with van der Waals surface area (Å²) in [7, 11) is 0. The van der Waals surface area contributed by atoms with Crippen molar-refractivity contribution in [2.75, 3.05) is 19.8 Å².